The number of nitrogens with one attached hydrogen (secondary N) is 1. The van der Waals surface area contributed by atoms with E-state index in [-0.39, 0.29) is 0 Å². The van der Waals surface area contributed by atoms with Crippen LogP contribution in [-0.4, -0.2) is 13.7 Å². The van der Waals surface area contributed by atoms with Crippen LogP contribution in [0.15, 0.2) is 18.2 Å². The molecule has 0 saturated heterocycles. The summed E-state index contributed by atoms with van der Waals surface area (Å²) in [5.74, 6) is 0.820. The third-order valence-corrected chi connectivity index (χ3v) is 4.15. The minimum atomic E-state index is 0.352. The van der Waals surface area contributed by atoms with Crippen molar-refractivity contribution in [2.24, 2.45) is 0 Å². The van der Waals surface area contributed by atoms with E-state index >= 15 is 0 Å². The van der Waals surface area contributed by atoms with Crippen LogP contribution in [0.2, 0.25) is 5.02 Å². The zero-order valence-electron chi connectivity index (χ0n) is 13.8. The van der Waals surface area contributed by atoms with E-state index in [4.69, 9.17) is 16.3 Å². The molecule has 0 aromatic heterocycles. The Morgan fingerprint density at radius 3 is 2.48 bits per heavy atom. The number of ether oxygens (including phenoxy) is 1. The number of benzene rings is 1. The Labute approximate surface area is 135 Å². The lowest BCUT2D eigenvalue weighted by molar-refractivity contribution is 0.413. The van der Waals surface area contributed by atoms with Crippen LogP contribution in [0.1, 0.15) is 70.4 Å². The van der Waals surface area contributed by atoms with E-state index in [2.05, 4.69) is 25.2 Å². The molecule has 21 heavy (non-hydrogen) atoms. The van der Waals surface area contributed by atoms with Crippen molar-refractivity contribution in [2.45, 2.75) is 64.8 Å². The summed E-state index contributed by atoms with van der Waals surface area (Å²) < 4.78 is 5.23. The number of halogens is 1. The molecule has 3 heteroatoms. The van der Waals surface area contributed by atoms with Gasteiger partial charge in [-0.15, -0.1) is 0 Å². The van der Waals surface area contributed by atoms with Crippen molar-refractivity contribution in [3.63, 3.8) is 0 Å². The summed E-state index contributed by atoms with van der Waals surface area (Å²) in [6.45, 7) is 5.48. The van der Waals surface area contributed by atoms with E-state index in [0.717, 1.165) is 30.2 Å². The Bertz CT molecular complexity index is 395. The van der Waals surface area contributed by atoms with Gasteiger partial charge in [0.05, 0.1) is 7.11 Å². The first-order valence-corrected chi connectivity index (χ1v) is 8.67. The van der Waals surface area contributed by atoms with Gasteiger partial charge in [-0.3, -0.25) is 0 Å². The highest BCUT2D eigenvalue weighted by molar-refractivity contribution is 6.31. The maximum Gasteiger partial charge on any atom is 0.120 e. The Hall–Kier alpha value is -0.730. The highest BCUT2D eigenvalue weighted by atomic mass is 35.5. The largest absolute Gasteiger partial charge is 0.497 e. The molecule has 0 saturated carbocycles. The molecule has 1 N–H and O–H groups in total. The van der Waals surface area contributed by atoms with Crippen LogP contribution in [0.4, 0.5) is 0 Å². The topological polar surface area (TPSA) is 21.3 Å². The molecule has 1 rings (SSSR count). The predicted molar refractivity (Wildman–Crippen MR) is 92.4 cm³/mol. The second kappa shape index (κ2) is 10.9. The average Bonchev–Trinajstić information content (AvgIpc) is 2.50. The fraction of sp³-hybridized carbons (Fsp3) is 0.667. The molecule has 0 aliphatic carbocycles. The third kappa shape index (κ3) is 6.71. The predicted octanol–water partition coefficient (Wildman–Crippen LogP) is 5.75. The molecule has 0 aliphatic heterocycles. The second-order valence-electron chi connectivity index (χ2n) is 5.60. The van der Waals surface area contributed by atoms with Gasteiger partial charge in [0.2, 0.25) is 0 Å². The highest BCUT2D eigenvalue weighted by Gasteiger charge is 2.14. The van der Waals surface area contributed by atoms with E-state index < -0.39 is 0 Å². The van der Waals surface area contributed by atoms with E-state index in [1.54, 1.807) is 7.11 Å². The maximum absolute atomic E-state index is 6.42. The Morgan fingerprint density at radius 1 is 1.10 bits per heavy atom. The molecular formula is C18H30ClNO. The standard InChI is InChI=1S/C18H30ClNO/c1-4-6-7-8-9-10-18(20-13-5-2)16-12-11-15(21-3)14-17(16)19/h11-12,14,18,20H,4-10,13H2,1-3H3. The van der Waals surface area contributed by atoms with Crippen LogP contribution < -0.4 is 10.1 Å². The number of methoxy groups -OCH3 is 1. The normalized spacial score (nSPS) is 12.4. The quantitative estimate of drug-likeness (QED) is 0.525. The Kier molecular flexibility index (Phi) is 9.53. The van der Waals surface area contributed by atoms with Crippen molar-refractivity contribution >= 4 is 11.6 Å². The van der Waals surface area contributed by atoms with Crippen molar-refractivity contribution in [1.29, 1.82) is 0 Å². The van der Waals surface area contributed by atoms with Crippen LogP contribution in [-0.2, 0) is 0 Å². The maximum atomic E-state index is 6.42. The van der Waals surface area contributed by atoms with Crippen molar-refractivity contribution in [3.8, 4) is 5.75 Å². The number of rotatable bonds is 11. The minimum Gasteiger partial charge on any atom is -0.497 e. The minimum absolute atomic E-state index is 0.352. The van der Waals surface area contributed by atoms with Gasteiger partial charge >= 0.3 is 0 Å². The average molecular weight is 312 g/mol. The van der Waals surface area contributed by atoms with Gasteiger partial charge in [-0.05, 0) is 37.1 Å². The van der Waals surface area contributed by atoms with Crippen LogP contribution in [0.5, 0.6) is 5.75 Å². The molecule has 0 fully saturated rings. The number of hydrogen-bond donors (Lipinski definition) is 1. The molecule has 0 heterocycles. The van der Waals surface area contributed by atoms with Crippen molar-refractivity contribution < 1.29 is 4.74 Å². The molecule has 120 valence electrons. The lowest BCUT2D eigenvalue weighted by Crippen LogP contribution is -2.22. The lowest BCUT2D eigenvalue weighted by atomic mass is 9.99. The van der Waals surface area contributed by atoms with Gasteiger partial charge < -0.3 is 10.1 Å². The molecule has 0 radical (unpaired) electrons. The Morgan fingerprint density at radius 2 is 1.86 bits per heavy atom. The number of unbranched alkanes of at least 4 members (excludes halogenated alkanes) is 4. The molecule has 2 nitrogen and oxygen atoms in total. The molecular weight excluding hydrogens is 282 g/mol. The first-order valence-electron chi connectivity index (χ1n) is 8.29. The summed E-state index contributed by atoms with van der Waals surface area (Å²) >= 11 is 6.42. The van der Waals surface area contributed by atoms with Gasteiger partial charge in [-0.2, -0.15) is 0 Å². The lowest BCUT2D eigenvalue weighted by Gasteiger charge is -2.20. The van der Waals surface area contributed by atoms with Gasteiger partial charge in [0, 0.05) is 11.1 Å². The number of hydrogen-bond acceptors (Lipinski definition) is 2. The van der Waals surface area contributed by atoms with Crippen molar-refractivity contribution in [2.75, 3.05) is 13.7 Å². The molecule has 0 bridgehead atoms. The molecule has 0 spiro atoms. The second-order valence-corrected chi connectivity index (χ2v) is 6.00. The summed E-state index contributed by atoms with van der Waals surface area (Å²) in [7, 11) is 1.67. The van der Waals surface area contributed by atoms with Crippen LogP contribution >= 0.6 is 11.6 Å². The van der Waals surface area contributed by atoms with Crippen LogP contribution in [0.25, 0.3) is 0 Å². The van der Waals surface area contributed by atoms with Crippen molar-refractivity contribution in [3.05, 3.63) is 28.8 Å². The highest BCUT2D eigenvalue weighted by Crippen LogP contribution is 2.30. The SMILES string of the molecule is CCCCCCCC(NCCC)c1ccc(OC)cc1Cl. The molecule has 0 aliphatic rings. The summed E-state index contributed by atoms with van der Waals surface area (Å²) in [5.41, 5.74) is 1.20. The smallest absolute Gasteiger partial charge is 0.120 e. The van der Waals surface area contributed by atoms with Gasteiger partial charge in [0.25, 0.3) is 0 Å². The van der Waals surface area contributed by atoms with Crippen LogP contribution in [0.3, 0.4) is 0 Å². The summed E-state index contributed by atoms with van der Waals surface area (Å²) in [6.07, 6.45) is 8.83. The van der Waals surface area contributed by atoms with E-state index in [0.29, 0.717) is 6.04 Å². The summed E-state index contributed by atoms with van der Waals surface area (Å²) in [5, 5.41) is 4.43. The van der Waals surface area contributed by atoms with E-state index in [9.17, 15) is 0 Å². The fourth-order valence-electron chi connectivity index (χ4n) is 2.56. The van der Waals surface area contributed by atoms with E-state index in [1.165, 1.54) is 37.7 Å². The zero-order valence-corrected chi connectivity index (χ0v) is 14.5. The van der Waals surface area contributed by atoms with Crippen LogP contribution in [0, 0.1) is 0 Å². The van der Waals surface area contributed by atoms with Crippen molar-refractivity contribution in [1.82, 2.24) is 5.32 Å². The van der Waals surface area contributed by atoms with Gasteiger partial charge in [-0.25, -0.2) is 0 Å². The van der Waals surface area contributed by atoms with Gasteiger partial charge in [0.1, 0.15) is 5.75 Å². The Balaban J connectivity index is 2.63. The molecule has 1 unspecified atom stereocenters. The van der Waals surface area contributed by atoms with Gasteiger partial charge in [0.15, 0.2) is 0 Å². The summed E-state index contributed by atoms with van der Waals surface area (Å²) in [6, 6.07) is 6.36. The fourth-order valence-corrected chi connectivity index (χ4v) is 2.86. The summed E-state index contributed by atoms with van der Waals surface area (Å²) in [4.78, 5) is 0. The molecule has 1 aromatic carbocycles. The first kappa shape index (κ1) is 18.3. The van der Waals surface area contributed by atoms with E-state index in [1.807, 2.05) is 12.1 Å². The molecule has 0 amide bonds. The zero-order chi connectivity index (χ0) is 15.5. The first-order chi connectivity index (χ1) is 10.2. The molecule has 1 aromatic rings. The monoisotopic (exact) mass is 311 g/mol. The van der Waals surface area contributed by atoms with Gasteiger partial charge in [-0.1, -0.05) is 63.6 Å². The molecule has 1 atom stereocenters. The third-order valence-electron chi connectivity index (χ3n) is 3.82.